The number of carbonyl (C=O) groups excluding carboxylic acids is 1. The molecule has 0 aromatic carbocycles. The molecule has 7 heteroatoms. The van der Waals surface area contributed by atoms with Gasteiger partial charge in [0, 0.05) is 51.0 Å². The standard InChI is InChI=1S/C17H19ClN4O2/c1-24-17(23)16(13-3-2-5-19-11-13)22-9-7-21(8-10-22)15-4-6-20-12-14(15)18/h2-6,11-12,16H,7-10H2,1H3. The molecule has 3 rings (SSSR count). The molecule has 2 aromatic rings. The van der Waals surface area contributed by atoms with E-state index in [-0.39, 0.29) is 5.97 Å². The Kier molecular flexibility index (Phi) is 5.27. The van der Waals surface area contributed by atoms with Crippen LogP contribution in [0.1, 0.15) is 11.6 Å². The lowest BCUT2D eigenvalue weighted by atomic mass is 10.1. The monoisotopic (exact) mass is 346 g/mol. The summed E-state index contributed by atoms with van der Waals surface area (Å²) in [7, 11) is 1.42. The third-order valence-corrected chi connectivity index (χ3v) is 4.49. The average Bonchev–Trinajstić information content (AvgIpc) is 2.64. The van der Waals surface area contributed by atoms with E-state index in [0.717, 1.165) is 37.4 Å². The maximum absolute atomic E-state index is 12.3. The second-order valence-corrected chi connectivity index (χ2v) is 5.97. The van der Waals surface area contributed by atoms with Crippen LogP contribution in [0.2, 0.25) is 5.02 Å². The lowest BCUT2D eigenvalue weighted by Crippen LogP contribution is -2.49. The first kappa shape index (κ1) is 16.7. The molecule has 1 saturated heterocycles. The molecule has 0 saturated carbocycles. The molecule has 3 heterocycles. The van der Waals surface area contributed by atoms with Gasteiger partial charge in [0.2, 0.25) is 0 Å². The van der Waals surface area contributed by atoms with Crippen molar-refractivity contribution in [2.75, 3.05) is 38.2 Å². The van der Waals surface area contributed by atoms with Crippen LogP contribution in [0, 0.1) is 0 Å². The van der Waals surface area contributed by atoms with Gasteiger partial charge in [-0.15, -0.1) is 0 Å². The highest BCUT2D eigenvalue weighted by atomic mass is 35.5. The number of nitrogens with zero attached hydrogens (tertiary/aromatic N) is 4. The highest BCUT2D eigenvalue weighted by Crippen LogP contribution is 2.28. The maximum atomic E-state index is 12.3. The summed E-state index contributed by atoms with van der Waals surface area (Å²) in [4.78, 5) is 24.8. The van der Waals surface area contributed by atoms with Gasteiger partial charge in [0.25, 0.3) is 0 Å². The Morgan fingerprint density at radius 3 is 2.54 bits per heavy atom. The lowest BCUT2D eigenvalue weighted by Gasteiger charge is -2.39. The first-order valence-electron chi connectivity index (χ1n) is 7.77. The summed E-state index contributed by atoms with van der Waals surface area (Å²) in [6.45, 7) is 3.01. The Balaban J connectivity index is 1.74. The van der Waals surface area contributed by atoms with Crippen molar-refractivity contribution < 1.29 is 9.53 Å². The van der Waals surface area contributed by atoms with Crippen LogP contribution in [0.15, 0.2) is 43.0 Å². The molecular weight excluding hydrogens is 328 g/mol. The normalized spacial score (nSPS) is 16.7. The van der Waals surface area contributed by atoms with E-state index in [1.807, 2.05) is 18.2 Å². The predicted molar refractivity (Wildman–Crippen MR) is 92.0 cm³/mol. The Bertz CT molecular complexity index is 690. The minimum Gasteiger partial charge on any atom is -0.468 e. The third kappa shape index (κ3) is 3.49. The van der Waals surface area contributed by atoms with E-state index < -0.39 is 6.04 Å². The van der Waals surface area contributed by atoms with Crippen molar-refractivity contribution in [1.29, 1.82) is 0 Å². The minimum absolute atomic E-state index is 0.265. The molecule has 0 N–H and O–H groups in total. The van der Waals surface area contributed by atoms with E-state index in [4.69, 9.17) is 16.3 Å². The van der Waals surface area contributed by atoms with Crippen LogP contribution < -0.4 is 4.90 Å². The van der Waals surface area contributed by atoms with Gasteiger partial charge in [0.15, 0.2) is 0 Å². The summed E-state index contributed by atoms with van der Waals surface area (Å²) in [5.74, 6) is -0.265. The lowest BCUT2D eigenvalue weighted by molar-refractivity contribution is -0.147. The summed E-state index contributed by atoms with van der Waals surface area (Å²) in [6, 6.07) is 5.22. The fourth-order valence-electron chi connectivity index (χ4n) is 2.99. The van der Waals surface area contributed by atoms with E-state index in [1.54, 1.807) is 24.8 Å². The van der Waals surface area contributed by atoms with Crippen LogP contribution in [0.25, 0.3) is 0 Å². The van der Waals surface area contributed by atoms with E-state index >= 15 is 0 Å². The Morgan fingerprint density at radius 2 is 1.92 bits per heavy atom. The van der Waals surface area contributed by atoms with Crippen LogP contribution >= 0.6 is 11.6 Å². The Labute approximate surface area is 146 Å². The quantitative estimate of drug-likeness (QED) is 0.791. The number of aromatic nitrogens is 2. The van der Waals surface area contributed by atoms with Crippen molar-refractivity contribution >= 4 is 23.3 Å². The first-order chi connectivity index (χ1) is 11.7. The third-order valence-electron chi connectivity index (χ3n) is 4.20. The summed E-state index contributed by atoms with van der Waals surface area (Å²) < 4.78 is 5.00. The van der Waals surface area contributed by atoms with Gasteiger partial charge in [-0.2, -0.15) is 0 Å². The van der Waals surface area contributed by atoms with Crippen LogP contribution in [0.4, 0.5) is 5.69 Å². The van der Waals surface area contributed by atoms with Crippen molar-refractivity contribution in [3.8, 4) is 0 Å². The van der Waals surface area contributed by atoms with Crippen LogP contribution in [-0.2, 0) is 9.53 Å². The van der Waals surface area contributed by atoms with Gasteiger partial charge in [-0.1, -0.05) is 17.7 Å². The predicted octanol–water partition coefficient (Wildman–Crippen LogP) is 2.17. The molecule has 1 fully saturated rings. The van der Waals surface area contributed by atoms with Crippen molar-refractivity contribution in [2.45, 2.75) is 6.04 Å². The molecule has 24 heavy (non-hydrogen) atoms. The number of halogens is 1. The van der Waals surface area contributed by atoms with Gasteiger partial charge in [0.1, 0.15) is 6.04 Å². The van der Waals surface area contributed by atoms with Gasteiger partial charge < -0.3 is 9.64 Å². The van der Waals surface area contributed by atoms with E-state index in [0.29, 0.717) is 5.02 Å². The fourth-order valence-corrected chi connectivity index (χ4v) is 3.23. The molecule has 0 spiro atoms. The number of rotatable bonds is 4. The summed E-state index contributed by atoms with van der Waals surface area (Å²) >= 11 is 6.23. The molecule has 0 radical (unpaired) electrons. The number of hydrogen-bond acceptors (Lipinski definition) is 6. The van der Waals surface area contributed by atoms with Crippen LogP contribution in [-0.4, -0.2) is 54.1 Å². The summed E-state index contributed by atoms with van der Waals surface area (Å²) in [5, 5.41) is 0.641. The number of anilines is 1. The van der Waals surface area contributed by atoms with Crippen molar-refractivity contribution in [2.24, 2.45) is 0 Å². The van der Waals surface area contributed by atoms with Gasteiger partial charge in [0.05, 0.1) is 17.8 Å². The molecule has 1 aliphatic heterocycles. The molecule has 0 bridgehead atoms. The number of pyridine rings is 2. The zero-order chi connectivity index (χ0) is 16.9. The number of ether oxygens (including phenoxy) is 1. The Hall–Kier alpha value is -2.18. The second kappa shape index (κ2) is 7.59. The smallest absolute Gasteiger partial charge is 0.327 e. The zero-order valence-electron chi connectivity index (χ0n) is 13.4. The van der Waals surface area contributed by atoms with Crippen LogP contribution in [0.3, 0.4) is 0 Å². The molecule has 0 amide bonds. The number of carbonyl (C=O) groups is 1. The minimum atomic E-state index is -0.432. The maximum Gasteiger partial charge on any atom is 0.327 e. The summed E-state index contributed by atoms with van der Waals surface area (Å²) in [5.41, 5.74) is 1.82. The highest BCUT2D eigenvalue weighted by Gasteiger charge is 2.31. The van der Waals surface area contributed by atoms with Gasteiger partial charge in [-0.3, -0.25) is 14.9 Å². The van der Waals surface area contributed by atoms with E-state index in [1.165, 1.54) is 7.11 Å². The highest BCUT2D eigenvalue weighted by molar-refractivity contribution is 6.33. The molecule has 0 aliphatic carbocycles. The number of piperazine rings is 1. The molecule has 2 aromatic heterocycles. The SMILES string of the molecule is COC(=O)C(c1cccnc1)N1CCN(c2ccncc2Cl)CC1. The number of esters is 1. The molecular formula is C17H19ClN4O2. The largest absolute Gasteiger partial charge is 0.468 e. The molecule has 6 nitrogen and oxygen atoms in total. The second-order valence-electron chi connectivity index (χ2n) is 5.56. The van der Waals surface area contributed by atoms with Crippen molar-refractivity contribution in [3.05, 3.63) is 53.6 Å². The van der Waals surface area contributed by atoms with Crippen LogP contribution in [0.5, 0.6) is 0 Å². The average molecular weight is 347 g/mol. The van der Waals surface area contributed by atoms with Crippen molar-refractivity contribution in [3.63, 3.8) is 0 Å². The molecule has 126 valence electrons. The molecule has 1 aliphatic rings. The number of hydrogen-bond donors (Lipinski definition) is 0. The Morgan fingerprint density at radius 1 is 1.17 bits per heavy atom. The van der Waals surface area contributed by atoms with Gasteiger partial charge in [-0.05, 0) is 17.7 Å². The zero-order valence-corrected chi connectivity index (χ0v) is 14.2. The first-order valence-corrected chi connectivity index (χ1v) is 8.15. The molecule has 1 unspecified atom stereocenters. The van der Waals surface area contributed by atoms with E-state index in [2.05, 4.69) is 19.8 Å². The molecule has 1 atom stereocenters. The van der Waals surface area contributed by atoms with E-state index in [9.17, 15) is 4.79 Å². The summed E-state index contributed by atoms with van der Waals surface area (Å²) in [6.07, 6.45) is 6.80. The topological polar surface area (TPSA) is 58.6 Å². The fraction of sp³-hybridized carbons (Fsp3) is 0.353. The van der Waals surface area contributed by atoms with Gasteiger partial charge in [-0.25, -0.2) is 4.79 Å². The van der Waals surface area contributed by atoms with Crippen molar-refractivity contribution in [1.82, 2.24) is 14.9 Å². The van der Waals surface area contributed by atoms with Gasteiger partial charge >= 0.3 is 5.97 Å². The number of methoxy groups -OCH3 is 1.